The summed E-state index contributed by atoms with van der Waals surface area (Å²) >= 11 is 0. The van der Waals surface area contributed by atoms with Crippen LogP contribution in [0.15, 0.2) is 66.9 Å². The Morgan fingerprint density at radius 2 is 1.57 bits per heavy atom. The van der Waals surface area contributed by atoms with E-state index in [1.165, 1.54) is 6.92 Å². The van der Waals surface area contributed by atoms with Crippen molar-refractivity contribution in [2.75, 3.05) is 26.3 Å². The van der Waals surface area contributed by atoms with Gasteiger partial charge in [-0.05, 0) is 11.1 Å². The average Bonchev–Trinajstić information content (AvgIpc) is 2.75. The average molecular weight is 374 g/mol. The third-order valence-corrected chi connectivity index (χ3v) is 5.02. The number of fused-ring (bicyclic) bond motifs is 1. The number of rotatable bonds is 2. The Hall–Kier alpha value is -3.18. The molecule has 5 nitrogen and oxygen atoms in total. The topological polar surface area (TPSA) is 49.9 Å². The van der Waals surface area contributed by atoms with Crippen LogP contribution in [0.1, 0.15) is 23.6 Å². The van der Waals surface area contributed by atoms with Crippen LogP contribution in [0.4, 0.5) is 0 Å². The molecule has 0 bridgehead atoms. The van der Waals surface area contributed by atoms with Crippen molar-refractivity contribution in [3.63, 3.8) is 0 Å². The van der Waals surface area contributed by atoms with E-state index in [4.69, 9.17) is 4.74 Å². The second-order valence-corrected chi connectivity index (χ2v) is 6.81. The first kappa shape index (κ1) is 18.2. The Balaban J connectivity index is 1.81. The fourth-order valence-corrected chi connectivity index (χ4v) is 3.59. The molecule has 0 saturated carbocycles. The molecule has 0 aromatic heterocycles. The van der Waals surface area contributed by atoms with Gasteiger partial charge < -0.3 is 9.64 Å². The lowest BCUT2D eigenvalue weighted by Gasteiger charge is -2.31. The lowest BCUT2D eigenvalue weighted by molar-refractivity contribution is -0.129. The van der Waals surface area contributed by atoms with Crippen molar-refractivity contribution in [2.45, 2.75) is 6.92 Å². The van der Waals surface area contributed by atoms with Crippen molar-refractivity contribution >= 4 is 23.1 Å². The Kier molecular flexibility index (Phi) is 5.08. The Bertz CT molecular complexity index is 957. The highest BCUT2D eigenvalue weighted by atomic mass is 16.5. The molecule has 1 fully saturated rings. The Morgan fingerprint density at radius 1 is 0.929 bits per heavy atom. The molecule has 0 atom stereocenters. The SMILES string of the molecule is CC(=O)N1C=C(c2ccccc2)c2ccccc2/C1=C\C(=O)N1CCOCC1. The van der Waals surface area contributed by atoms with Crippen LogP contribution in [0.3, 0.4) is 0 Å². The standard InChI is InChI=1S/C23H22N2O3/c1-17(26)25-16-21(18-7-3-2-4-8-18)19-9-5-6-10-20(19)22(25)15-23(27)24-11-13-28-14-12-24/h2-10,15-16H,11-14H2,1H3/b22-15+. The number of carbonyl (C=O) groups excluding carboxylic acids is 2. The van der Waals surface area contributed by atoms with Gasteiger partial charge in [0.1, 0.15) is 0 Å². The molecule has 0 N–H and O–H groups in total. The molecular weight excluding hydrogens is 352 g/mol. The van der Waals surface area contributed by atoms with E-state index in [-0.39, 0.29) is 11.8 Å². The normalized spacial score (nSPS) is 17.9. The summed E-state index contributed by atoms with van der Waals surface area (Å²) in [6, 6.07) is 17.8. The number of morpholine rings is 1. The summed E-state index contributed by atoms with van der Waals surface area (Å²) in [5.41, 5.74) is 4.48. The molecule has 2 aromatic carbocycles. The molecule has 5 heteroatoms. The summed E-state index contributed by atoms with van der Waals surface area (Å²) in [6.07, 6.45) is 3.41. The van der Waals surface area contributed by atoms with Crippen LogP contribution < -0.4 is 0 Å². The van der Waals surface area contributed by atoms with Crippen molar-refractivity contribution in [1.82, 2.24) is 9.80 Å². The van der Waals surface area contributed by atoms with Gasteiger partial charge in [-0.25, -0.2) is 0 Å². The highest BCUT2D eigenvalue weighted by Gasteiger charge is 2.27. The van der Waals surface area contributed by atoms with Gasteiger partial charge in [-0.3, -0.25) is 14.5 Å². The molecule has 0 aliphatic carbocycles. The van der Waals surface area contributed by atoms with Crippen LogP contribution in [0.2, 0.25) is 0 Å². The van der Waals surface area contributed by atoms with Gasteiger partial charge in [0, 0.05) is 43.4 Å². The Morgan fingerprint density at radius 3 is 2.25 bits per heavy atom. The van der Waals surface area contributed by atoms with Gasteiger partial charge in [0.25, 0.3) is 0 Å². The second-order valence-electron chi connectivity index (χ2n) is 6.81. The van der Waals surface area contributed by atoms with Crippen molar-refractivity contribution in [2.24, 2.45) is 0 Å². The van der Waals surface area contributed by atoms with Crippen LogP contribution in [0.25, 0.3) is 11.3 Å². The van der Waals surface area contributed by atoms with Crippen LogP contribution in [0.5, 0.6) is 0 Å². The first-order chi connectivity index (χ1) is 13.6. The van der Waals surface area contributed by atoms with E-state index in [1.807, 2.05) is 60.8 Å². The maximum atomic E-state index is 12.8. The van der Waals surface area contributed by atoms with Crippen molar-refractivity contribution in [3.05, 3.63) is 83.6 Å². The number of benzene rings is 2. The molecule has 2 amide bonds. The third kappa shape index (κ3) is 3.49. The number of nitrogens with zero attached hydrogens (tertiary/aromatic N) is 2. The largest absolute Gasteiger partial charge is 0.378 e. The maximum absolute atomic E-state index is 12.8. The van der Waals surface area contributed by atoms with Crippen LogP contribution in [-0.4, -0.2) is 47.9 Å². The predicted octanol–water partition coefficient (Wildman–Crippen LogP) is 3.14. The van der Waals surface area contributed by atoms with E-state index in [9.17, 15) is 9.59 Å². The fraction of sp³-hybridized carbons (Fsp3) is 0.217. The minimum atomic E-state index is -0.135. The summed E-state index contributed by atoms with van der Waals surface area (Å²) < 4.78 is 5.33. The highest BCUT2D eigenvalue weighted by Crippen LogP contribution is 2.37. The van der Waals surface area contributed by atoms with Crippen LogP contribution >= 0.6 is 0 Å². The molecule has 28 heavy (non-hydrogen) atoms. The maximum Gasteiger partial charge on any atom is 0.248 e. The molecule has 142 valence electrons. The summed E-state index contributed by atoms with van der Waals surface area (Å²) in [5, 5.41) is 0. The van der Waals surface area contributed by atoms with Gasteiger partial charge in [0.15, 0.2) is 0 Å². The minimum Gasteiger partial charge on any atom is -0.378 e. The summed E-state index contributed by atoms with van der Waals surface area (Å²) in [7, 11) is 0. The predicted molar refractivity (Wildman–Crippen MR) is 108 cm³/mol. The fourth-order valence-electron chi connectivity index (χ4n) is 3.59. The summed E-state index contributed by atoms with van der Waals surface area (Å²) in [4.78, 5) is 28.6. The lowest BCUT2D eigenvalue weighted by atomic mass is 9.89. The number of hydrogen-bond donors (Lipinski definition) is 0. The molecule has 0 unspecified atom stereocenters. The first-order valence-corrected chi connectivity index (χ1v) is 9.40. The van der Waals surface area contributed by atoms with Gasteiger partial charge in [0.2, 0.25) is 11.8 Å². The van der Waals surface area contributed by atoms with E-state index in [0.717, 1.165) is 22.3 Å². The van der Waals surface area contributed by atoms with E-state index >= 15 is 0 Å². The zero-order valence-corrected chi connectivity index (χ0v) is 15.8. The highest BCUT2D eigenvalue weighted by molar-refractivity contribution is 6.03. The van der Waals surface area contributed by atoms with E-state index in [2.05, 4.69) is 0 Å². The second kappa shape index (κ2) is 7.82. The summed E-state index contributed by atoms with van der Waals surface area (Å²) in [5.74, 6) is -0.236. The smallest absolute Gasteiger partial charge is 0.248 e. The van der Waals surface area contributed by atoms with E-state index < -0.39 is 0 Å². The number of carbonyl (C=O) groups is 2. The molecule has 0 radical (unpaired) electrons. The first-order valence-electron chi connectivity index (χ1n) is 9.40. The van der Waals surface area contributed by atoms with Crippen LogP contribution in [-0.2, 0) is 14.3 Å². The molecule has 2 aliphatic rings. The van der Waals surface area contributed by atoms with Gasteiger partial charge in [-0.1, -0.05) is 54.6 Å². The van der Waals surface area contributed by atoms with Crippen molar-refractivity contribution in [3.8, 4) is 0 Å². The summed E-state index contributed by atoms with van der Waals surface area (Å²) in [6.45, 7) is 3.73. The van der Waals surface area contributed by atoms with E-state index in [0.29, 0.717) is 32.0 Å². The molecule has 0 spiro atoms. The third-order valence-electron chi connectivity index (χ3n) is 5.02. The number of ether oxygens (including phenoxy) is 1. The zero-order valence-electron chi connectivity index (χ0n) is 15.8. The van der Waals surface area contributed by atoms with E-state index in [1.54, 1.807) is 15.9 Å². The monoisotopic (exact) mass is 374 g/mol. The lowest BCUT2D eigenvalue weighted by Crippen LogP contribution is -2.40. The quantitative estimate of drug-likeness (QED) is 0.759. The van der Waals surface area contributed by atoms with Crippen molar-refractivity contribution < 1.29 is 14.3 Å². The molecular formula is C23H22N2O3. The molecule has 2 heterocycles. The number of hydrogen-bond acceptors (Lipinski definition) is 3. The van der Waals surface area contributed by atoms with Gasteiger partial charge >= 0.3 is 0 Å². The van der Waals surface area contributed by atoms with Gasteiger partial charge in [-0.2, -0.15) is 0 Å². The van der Waals surface area contributed by atoms with Gasteiger partial charge in [0.05, 0.1) is 18.9 Å². The molecule has 1 saturated heterocycles. The minimum absolute atomic E-state index is 0.101. The number of amides is 2. The molecule has 2 aliphatic heterocycles. The molecule has 4 rings (SSSR count). The van der Waals surface area contributed by atoms with Gasteiger partial charge in [-0.15, -0.1) is 0 Å². The molecule has 2 aromatic rings. The zero-order chi connectivity index (χ0) is 19.5. The van der Waals surface area contributed by atoms with Crippen LogP contribution in [0, 0.1) is 0 Å². The van der Waals surface area contributed by atoms with Crippen molar-refractivity contribution in [1.29, 1.82) is 0 Å². The Labute approximate surface area is 164 Å².